The molecular formula is C12H20N2. The number of benzene rings is 1. The van der Waals surface area contributed by atoms with Crippen LogP contribution in [0, 0.1) is 20.8 Å². The highest BCUT2D eigenvalue weighted by molar-refractivity contribution is 5.56. The summed E-state index contributed by atoms with van der Waals surface area (Å²) in [7, 11) is 2.09. The molecule has 2 heteroatoms. The molecule has 0 saturated carbocycles. The molecule has 0 fully saturated rings. The smallest absolute Gasteiger partial charge is 0.0396 e. The van der Waals surface area contributed by atoms with Crippen molar-refractivity contribution in [2.45, 2.75) is 20.8 Å². The molecule has 0 atom stereocenters. The molecule has 0 aromatic heterocycles. The van der Waals surface area contributed by atoms with Crippen LogP contribution in [0.5, 0.6) is 0 Å². The second-order valence-corrected chi connectivity index (χ2v) is 3.93. The van der Waals surface area contributed by atoms with Crippen LogP contribution in [0.15, 0.2) is 12.1 Å². The van der Waals surface area contributed by atoms with Gasteiger partial charge in [0.2, 0.25) is 0 Å². The Kier molecular flexibility index (Phi) is 3.53. The van der Waals surface area contributed by atoms with Crippen LogP contribution in [0.1, 0.15) is 16.7 Å². The van der Waals surface area contributed by atoms with Gasteiger partial charge < -0.3 is 10.6 Å². The first kappa shape index (κ1) is 11.1. The minimum absolute atomic E-state index is 0.697. The summed E-state index contributed by atoms with van der Waals surface area (Å²) < 4.78 is 0. The number of anilines is 1. The quantitative estimate of drug-likeness (QED) is 0.793. The monoisotopic (exact) mass is 192 g/mol. The van der Waals surface area contributed by atoms with Gasteiger partial charge in [0.25, 0.3) is 0 Å². The molecule has 0 radical (unpaired) electrons. The Morgan fingerprint density at radius 3 is 2.21 bits per heavy atom. The van der Waals surface area contributed by atoms with Gasteiger partial charge in [0.15, 0.2) is 0 Å². The van der Waals surface area contributed by atoms with E-state index in [4.69, 9.17) is 5.73 Å². The van der Waals surface area contributed by atoms with Gasteiger partial charge in [-0.2, -0.15) is 0 Å². The molecule has 0 amide bonds. The van der Waals surface area contributed by atoms with E-state index in [1.54, 1.807) is 0 Å². The van der Waals surface area contributed by atoms with Crippen LogP contribution < -0.4 is 10.6 Å². The molecule has 1 rings (SSSR count). The second-order valence-electron chi connectivity index (χ2n) is 3.93. The van der Waals surface area contributed by atoms with Gasteiger partial charge in [0.1, 0.15) is 0 Å². The molecule has 2 nitrogen and oxygen atoms in total. The van der Waals surface area contributed by atoms with Crippen molar-refractivity contribution in [1.29, 1.82) is 0 Å². The fourth-order valence-corrected chi connectivity index (χ4v) is 1.67. The third kappa shape index (κ3) is 2.26. The molecule has 0 spiro atoms. The van der Waals surface area contributed by atoms with Crippen molar-refractivity contribution < 1.29 is 0 Å². The summed E-state index contributed by atoms with van der Waals surface area (Å²) in [5, 5.41) is 0. The van der Waals surface area contributed by atoms with Crippen molar-refractivity contribution in [2.24, 2.45) is 5.73 Å². The van der Waals surface area contributed by atoms with Gasteiger partial charge in [0.05, 0.1) is 0 Å². The molecule has 0 aliphatic rings. The average molecular weight is 192 g/mol. The lowest BCUT2D eigenvalue weighted by Gasteiger charge is -2.21. The number of likely N-dealkylation sites (N-methyl/N-ethyl adjacent to an activating group) is 1. The van der Waals surface area contributed by atoms with Crippen molar-refractivity contribution in [3.8, 4) is 0 Å². The van der Waals surface area contributed by atoms with Crippen LogP contribution in [0.4, 0.5) is 5.69 Å². The molecular weight excluding hydrogens is 172 g/mol. The number of nitrogens with zero attached hydrogens (tertiary/aromatic N) is 1. The lowest BCUT2D eigenvalue weighted by Crippen LogP contribution is -2.25. The molecule has 1 aromatic carbocycles. The van der Waals surface area contributed by atoms with Gasteiger partial charge in [-0.1, -0.05) is 6.07 Å². The zero-order valence-electron chi connectivity index (χ0n) is 9.59. The van der Waals surface area contributed by atoms with Crippen molar-refractivity contribution in [3.05, 3.63) is 28.8 Å². The van der Waals surface area contributed by atoms with Gasteiger partial charge in [-0.05, 0) is 43.5 Å². The molecule has 0 aliphatic carbocycles. The van der Waals surface area contributed by atoms with Crippen molar-refractivity contribution in [3.63, 3.8) is 0 Å². The Bertz CT molecular complexity index is 318. The van der Waals surface area contributed by atoms with E-state index in [0.717, 1.165) is 6.54 Å². The van der Waals surface area contributed by atoms with Gasteiger partial charge >= 0.3 is 0 Å². The highest BCUT2D eigenvalue weighted by atomic mass is 15.1. The topological polar surface area (TPSA) is 29.3 Å². The van der Waals surface area contributed by atoms with Gasteiger partial charge in [-0.15, -0.1) is 0 Å². The van der Waals surface area contributed by atoms with E-state index in [-0.39, 0.29) is 0 Å². The summed E-state index contributed by atoms with van der Waals surface area (Å²) in [6.07, 6.45) is 0. The van der Waals surface area contributed by atoms with Crippen LogP contribution in [0.2, 0.25) is 0 Å². The Morgan fingerprint density at radius 1 is 1.07 bits per heavy atom. The Morgan fingerprint density at radius 2 is 1.64 bits per heavy atom. The molecule has 78 valence electrons. The fourth-order valence-electron chi connectivity index (χ4n) is 1.67. The number of nitrogens with two attached hydrogens (primary N) is 1. The Hall–Kier alpha value is -1.02. The summed E-state index contributed by atoms with van der Waals surface area (Å²) in [5.74, 6) is 0. The third-order valence-corrected chi connectivity index (χ3v) is 2.69. The van der Waals surface area contributed by atoms with Crippen molar-refractivity contribution >= 4 is 5.69 Å². The first-order valence-electron chi connectivity index (χ1n) is 5.05. The minimum Gasteiger partial charge on any atom is -0.373 e. The first-order valence-corrected chi connectivity index (χ1v) is 5.05. The highest BCUT2D eigenvalue weighted by Gasteiger charge is 2.05. The maximum atomic E-state index is 5.54. The number of rotatable bonds is 3. The first-order chi connectivity index (χ1) is 6.56. The molecule has 2 N–H and O–H groups in total. The van der Waals surface area contributed by atoms with Crippen LogP contribution in [0.3, 0.4) is 0 Å². The maximum absolute atomic E-state index is 5.54. The van der Waals surface area contributed by atoms with E-state index >= 15 is 0 Å². The van der Waals surface area contributed by atoms with Gasteiger partial charge in [-0.3, -0.25) is 0 Å². The van der Waals surface area contributed by atoms with E-state index in [1.807, 2.05) is 0 Å². The molecule has 0 saturated heterocycles. The molecule has 0 aliphatic heterocycles. The zero-order valence-corrected chi connectivity index (χ0v) is 9.59. The second kappa shape index (κ2) is 4.47. The summed E-state index contributed by atoms with van der Waals surface area (Å²) in [5.41, 5.74) is 10.9. The van der Waals surface area contributed by atoms with Gasteiger partial charge in [-0.25, -0.2) is 0 Å². The average Bonchev–Trinajstić information content (AvgIpc) is 2.11. The van der Waals surface area contributed by atoms with Crippen LogP contribution >= 0.6 is 0 Å². The molecule has 0 unspecified atom stereocenters. The summed E-state index contributed by atoms with van der Waals surface area (Å²) in [6, 6.07) is 4.47. The normalized spacial score (nSPS) is 10.4. The summed E-state index contributed by atoms with van der Waals surface area (Å²) in [4.78, 5) is 2.21. The Labute approximate surface area is 86.7 Å². The lowest BCUT2D eigenvalue weighted by atomic mass is 10.0. The van der Waals surface area contributed by atoms with Crippen LogP contribution in [0.25, 0.3) is 0 Å². The van der Waals surface area contributed by atoms with Crippen molar-refractivity contribution in [1.82, 2.24) is 0 Å². The lowest BCUT2D eigenvalue weighted by molar-refractivity contribution is 0.881. The van der Waals surface area contributed by atoms with Crippen LogP contribution in [-0.2, 0) is 0 Å². The van der Waals surface area contributed by atoms with Crippen molar-refractivity contribution in [2.75, 3.05) is 25.0 Å². The maximum Gasteiger partial charge on any atom is 0.0396 e. The largest absolute Gasteiger partial charge is 0.373 e. The molecule has 1 aromatic rings. The zero-order chi connectivity index (χ0) is 10.7. The minimum atomic E-state index is 0.697. The fraction of sp³-hybridized carbons (Fsp3) is 0.500. The number of aryl methyl sites for hydroxylation is 3. The molecule has 0 bridgehead atoms. The SMILES string of the molecule is Cc1cc(C)c(N(C)CCN)cc1C. The van der Waals surface area contributed by atoms with E-state index in [1.165, 1.54) is 22.4 Å². The standard InChI is InChI=1S/C12H20N2/c1-9-7-11(3)12(8-10(9)2)14(4)6-5-13/h7-8H,5-6,13H2,1-4H3. The molecule has 14 heavy (non-hydrogen) atoms. The van der Waals surface area contributed by atoms with E-state index in [2.05, 4.69) is 44.9 Å². The molecule has 0 heterocycles. The summed E-state index contributed by atoms with van der Waals surface area (Å²) in [6.45, 7) is 8.05. The van der Waals surface area contributed by atoms with Crippen LogP contribution in [-0.4, -0.2) is 20.1 Å². The third-order valence-electron chi connectivity index (χ3n) is 2.69. The Balaban J connectivity index is 3.02. The predicted octanol–water partition coefficient (Wildman–Crippen LogP) is 2.01. The summed E-state index contributed by atoms with van der Waals surface area (Å²) >= 11 is 0. The highest BCUT2D eigenvalue weighted by Crippen LogP contribution is 2.22. The van der Waals surface area contributed by atoms with E-state index in [0.29, 0.717) is 6.54 Å². The van der Waals surface area contributed by atoms with E-state index in [9.17, 15) is 0 Å². The van der Waals surface area contributed by atoms with E-state index < -0.39 is 0 Å². The predicted molar refractivity (Wildman–Crippen MR) is 63.0 cm³/mol. The van der Waals surface area contributed by atoms with Gasteiger partial charge in [0, 0.05) is 25.8 Å². The number of hydrogen-bond donors (Lipinski definition) is 1. The number of hydrogen-bond acceptors (Lipinski definition) is 2.